The Morgan fingerprint density at radius 1 is 1.23 bits per heavy atom. The van der Waals surface area contributed by atoms with Gasteiger partial charge in [0.05, 0.1) is 5.88 Å². The second-order valence-electron chi connectivity index (χ2n) is 6.82. The molecular weight excluding hydrogens is 393 g/mol. The van der Waals surface area contributed by atoms with Gasteiger partial charge in [0.25, 0.3) is 5.91 Å². The molecule has 2 saturated heterocycles. The Morgan fingerprint density at radius 2 is 1.85 bits per heavy atom. The Kier molecular flexibility index (Phi) is 7.64. The fraction of sp³-hybridized carbons (Fsp3) is 0.556. The van der Waals surface area contributed by atoms with Crippen molar-refractivity contribution in [3.05, 3.63) is 34.9 Å². The van der Waals surface area contributed by atoms with E-state index in [2.05, 4.69) is 0 Å². The molecule has 2 fully saturated rings. The molecule has 5 nitrogen and oxygen atoms in total. The van der Waals surface area contributed by atoms with Crippen LogP contribution in [0.4, 0.5) is 0 Å². The number of thioether (sulfide) groups is 1. The molecule has 2 atom stereocenters. The van der Waals surface area contributed by atoms with E-state index in [1.165, 1.54) is 0 Å². The van der Waals surface area contributed by atoms with Gasteiger partial charge in [0.2, 0.25) is 5.91 Å². The molecule has 2 unspecified atom stereocenters. The Morgan fingerprint density at radius 3 is 2.42 bits per heavy atom. The largest absolute Gasteiger partial charge is 0.341 e. The highest BCUT2D eigenvalue weighted by Crippen LogP contribution is 2.27. The number of hydrogen-bond acceptors (Lipinski definition) is 4. The zero-order valence-electron chi connectivity index (χ0n) is 14.8. The Balaban J connectivity index is 0.00000243. The Hall–Kier alpha value is -0.950. The minimum Gasteiger partial charge on any atom is -0.341 e. The van der Waals surface area contributed by atoms with E-state index in [9.17, 15) is 9.59 Å². The number of rotatable bonds is 3. The van der Waals surface area contributed by atoms with Crippen molar-refractivity contribution >= 4 is 47.6 Å². The Bertz CT molecular complexity index is 634. The van der Waals surface area contributed by atoms with Gasteiger partial charge in [-0.15, -0.1) is 24.2 Å². The molecule has 2 aliphatic heterocycles. The second kappa shape index (κ2) is 9.31. The number of amides is 2. The number of carbonyl (C=O) groups is 2. The van der Waals surface area contributed by atoms with Crippen molar-refractivity contribution in [2.75, 3.05) is 24.7 Å². The third-order valence-corrected chi connectivity index (χ3v) is 6.38. The van der Waals surface area contributed by atoms with Crippen molar-refractivity contribution in [1.29, 1.82) is 0 Å². The highest BCUT2D eigenvalue weighted by Gasteiger charge is 2.38. The van der Waals surface area contributed by atoms with Gasteiger partial charge in [-0.05, 0) is 49.9 Å². The fourth-order valence-corrected chi connectivity index (χ4v) is 4.73. The summed E-state index contributed by atoms with van der Waals surface area (Å²) < 4.78 is 0. The van der Waals surface area contributed by atoms with Crippen molar-refractivity contribution in [2.45, 2.75) is 31.8 Å². The van der Waals surface area contributed by atoms with Crippen molar-refractivity contribution in [3.63, 3.8) is 0 Å². The van der Waals surface area contributed by atoms with Gasteiger partial charge in [-0.25, -0.2) is 0 Å². The first-order valence-electron chi connectivity index (χ1n) is 8.66. The van der Waals surface area contributed by atoms with Gasteiger partial charge >= 0.3 is 0 Å². The molecule has 2 N–H and O–H groups in total. The van der Waals surface area contributed by atoms with Gasteiger partial charge in [-0.3, -0.25) is 9.59 Å². The van der Waals surface area contributed by atoms with Crippen LogP contribution >= 0.6 is 35.8 Å². The molecule has 0 saturated carbocycles. The van der Waals surface area contributed by atoms with Crippen LogP contribution in [0.1, 0.15) is 30.1 Å². The molecule has 1 aromatic carbocycles. The predicted molar refractivity (Wildman–Crippen MR) is 109 cm³/mol. The minimum atomic E-state index is -0.375. The molecule has 144 valence electrons. The van der Waals surface area contributed by atoms with Crippen molar-refractivity contribution in [2.24, 2.45) is 11.7 Å². The van der Waals surface area contributed by atoms with Gasteiger partial charge in [0.1, 0.15) is 6.04 Å². The molecule has 0 aliphatic carbocycles. The molecule has 2 aliphatic rings. The maximum absolute atomic E-state index is 12.9. The first-order chi connectivity index (χ1) is 12.0. The molecule has 2 amide bonds. The van der Waals surface area contributed by atoms with E-state index in [4.69, 9.17) is 17.3 Å². The molecule has 0 bridgehead atoms. The van der Waals surface area contributed by atoms with E-state index in [1.54, 1.807) is 40.9 Å². The number of nitrogens with two attached hydrogens (primary N) is 1. The van der Waals surface area contributed by atoms with Crippen molar-refractivity contribution in [1.82, 2.24) is 9.80 Å². The molecule has 0 aromatic heterocycles. The van der Waals surface area contributed by atoms with E-state index < -0.39 is 0 Å². The zero-order chi connectivity index (χ0) is 18.0. The normalized spacial score (nSPS) is 22.0. The summed E-state index contributed by atoms with van der Waals surface area (Å²) in [6, 6.07) is 6.62. The van der Waals surface area contributed by atoms with Crippen LogP contribution in [-0.4, -0.2) is 58.4 Å². The second-order valence-corrected chi connectivity index (χ2v) is 8.26. The van der Waals surface area contributed by atoms with Gasteiger partial charge < -0.3 is 15.5 Å². The lowest BCUT2D eigenvalue weighted by atomic mass is 9.90. The summed E-state index contributed by atoms with van der Waals surface area (Å²) in [5.74, 6) is 1.65. The van der Waals surface area contributed by atoms with Gasteiger partial charge in [-0.2, -0.15) is 0 Å². The van der Waals surface area contributed by atoms with Crippen LogP contribution in [0.5, 0.6) is 0 Å². The summed E-state index contributed by atoms with van der Waals surface area (Å²) in [6.07, 6.45) is 1.88. The van der Waals surface area contributed by atoms with Gasteiger partial charge in [0.15, 0.2) is 0 Å². The monoisotopic (exact) mass is 417 g/mol. The van der Waals surface area contributed by atoms with Crippen LogP contribution in [0.25, 0.3) is 0 Å². The summed E-state index contributed by atoms with van der Waals surface area (Å²) >= 11 is 7.52. The van der Waals surface area contributed by atoms with E-state index >= 15 is 0 Å². The lowest BCUT2D eigenvalue weighted by molar-refractivity contribution is -0.136. The summed E-state index contributed by atoms with van der Waals surface area (Å²) in [6.45, 7) is 3.49. The molecule has 1 aromatic rings. The fourth-order valence-electron chi connectivity index (χ4n) is 3.46. The quantitative estimate of drug-likeness (QED) is 0.820. The SMILES string of the molecule is CC(N)C1CCN(C(=O)C2CSCN2C(=O)c2ccc(Cl)cc2)CC1.Cl. The number of benzene rings is 1. The highest BCUT2D eigenvalue weighted by atomic mass is 35.5. The van der Waals surface area contributed by atoms with Gasteiger partial charge in [0, 0.05) is 35.5 Å². The summed E-state index contributed by atoms with van der Waals surface area (Å²) in [5.41, 5.74) is 6.55. The van der Waals surface area contributed by atoms with Crippen LogP contribution in [0, 0.1) is 5.92 Å². The predicted octanol–water partition coefficient (Wildman–Crippen LogP) is 2.86. The lowest BCUT2D eigenvalue weighted by Crippen LogP contribution is -2.51. The number of hydrogen-bond donors (Lipinski definition) is 1. The van der Waals surface area contributed by atoms with Crippen molar-refractivity contribution in [3.8, 4) is 0 Å². The average Bonchev–Trinajstić information content (AvgIpc) is 3.11. The van der Waals surface area contributed by atoms with E-state index in [0.717, 1.165) is 25.9 Å². The number of carbonyl (C=O) groups excluding carboxylic acids is 2. The summed E-state index contributed by atoms with van der Waals surface area (Å²) in [4.78, 5) is 29.3. The smallest absolute Gasteiger partial charge is 0.255 e. The average molecular weight is 418 g/mol. The molecule has 2 heterocycles. The first-order valence-corrected chi connectivity index (χ1v) is 10.2. The number of halogens is 2. The van der Waals surface area contributed by atoms with Crippen LogP contribution in [-0.2, 0) is 4.79 Å². The topological polar surface area (TPSA) is 66.6 Å². The standard InChI is InChI=1S/C18H24ClN3O2S.ClH/c1-12(20)13-6-8-21(9-7-13)18(24)16-10-25-11-22(16)17(23)14-2-4-15(19)5-3-14;/h2-5,12-13,16H,6-11,20H2,1H3;1H. The van der Waals surface area contributed by atoms with E-state index in [1.807, 2.05) is 11.8 Å². The Labute approximate surface area is 170 Å². The van der Waals surface area contributed by atoms with Gasteiger partial charge in [-0.1, -0.05) is 11.6 Å². The van der Waals surface area contributed by atoms with E-state index in [0.29, 0.717) is 28.1 Å². The third kappa shape index (κ3) is 4.66. The maximum Gasteiger partial charge on any atom is 0.255 e. The van der Waals surface area contributed by atoms with E-state index in [-0.39, 0.29) is 36.3 Å². The maximum atomic E-state index is 12.9. The molecular formula is C18H25Cl2N3O2S. The number of piperidine rings is 1. The van der Waals surface area contributed by atoms with Crippen LogP contribution in [0.3, 0.4) is 0 Å². The third-order valence-electron chi connectivity index (χ3n) is 5.11. The molecule has 26 heavy (non-hydrogen) atoms. The number of likely N-dealkylation sites (tertiary alicyclic amines) is 1. The lowest BCUT2D eigenvalue weighted by Gasteiger charge is -2.36. The first kappa shape index (κ1) is 21.4. The zero-order valence-corrected chi connectivity index (χ0v) is 17.2. The van der Waals surface area contributed by atoms with Crippen molar-refractivity contribution < 1.29 is 9.59 Å². The van der Waals surface area contributed by atoms with Crippen LogP contribution in [0.2, 0.25) is 5.02 Å². The molecule has 0 radical (unpaired) electrons. The molecule has 3 rings (SSSR count). The highest BCUT2D eigenvalue weighted by molar-refractivity contribution is 7.99. The minimum absolute atomic E-state index is 0. The van der Waals surface area contributed by atoms with Crippen LogP contribution in [0.15, 0.2) is 24.3 Å². The van der Waals surface area contributed by atoms with Crippen LogP contribution < -0.4 is 5.73 Å². The summed E-state index contributed by atoms with van der Waals surface area (Å²) in [5, 5.41) is 0.594. The molecule has 8 heteroatoms. The number of nitrogens with zero attached hydrogens (tertiary/aromatic N) is 2. The molecule has 0 spiro atoms. The summed E-state index contributed by atoms with van der Waals surface area (Å²) in [7, 11) is 0.